The molecule has 0 aliphatic carbocycles. The normalized spacial score (nSPS) is 10.5. The Hall–Kier alpha value is -0.830. The maximum absolute atomic E-state index is 5.93. The molecule has 0 saturated heterocycles. The molecular formula is C11H7Cl3N2. The van der Waals surface area contributed by atoms with Gasteiger partial charge in [0, 0.05) is 11.6 Å². The van der Waals surface area contributed by atoms with Gasteiger partial charge in [-0.3, -0.25) is 0 Å². The minimum atomic E-state index is 0.411. The van der Waals surface area contributed by atoms with E-state index in [0.717, 1.165) is 11.3 Å². The maximum atomic E-state index is 5.93. The average Bonchev–Trinajstić information content (AvgIpc) is 2.20. The van der Waals surface area contributed by atoms with Crippen molar-refractivity contribution in [3.05, 3.63) is 45.3 Å². The monoisotopic (exact) mass is 272 g/mol. The highest BCUT2D eigenvalue weighted by molar-refractivity contribution is 6.42. The van der Waals surface area contributed by atoms with Crippen LogP contribution in [0.15, 0.2) is 24.3 Å². The highest BCUT2D eigenvalue weighted by Gasteiger charge is 2.05. The van der Waals surface area contributed by atoms with Gasteiger partial charge in [-0.05, 0) is 19.1 Å². The molecule has 16 heavy (non-hydrogen) atoms. The molecule has 0 spiro atoms. The zero-order chi connectivity index (χ0) is 11.7. The SMILES string of the molecule is Cc1nc(Cl)cc(-c2ccc(Cl)c(Cl)c2)n1. The van der Waals surface area contributed by atoms with Gasteiger partial charge in [-0.15, -0.1) is 0 Å². The predicted octanol–water partition coefficient (Wildman–Crippen LogP) is 4.41. The van der Waals surface area contributed by atoms with Crippen molar-refractivity contribution in [1.29, 1.82) is 0 Å². The van der Waals surface area contributed by atoms with Crippen LogP contribution < -0.4 is 0 Å². The average molecular weight is 274 g/mol. The van der Waals surface area contributed by atoms with Crippen molar-refractivity contribution in [3.63, 3.8) is 0 Å². The van der Waals surface area contributed by atoms with E-state index in [1.807, 2.05) is 6.07 Å². The van der Waals surface area contributed by atoms with E-state index in [-0.39, 0.29) is 0 Å². The molecule has 0 N–H and O–H groups in total. The van der Waals surface area contributed by atoms with Gasteiger partial charge in [-0.1, -0.05) is 40.9 Å². The molecule has 2 aromatic rings. The predicted molar refractivity (Wildman–Crippen MR) is 67.2 cm³/mol. The molecule has 5 heteroatoms. The molecular weight excluding hydrogens is 266 g/mol. The standard InChI is InChI=1S/C11H7Cl3N2/c1-6-15-10(5-11(14)16-6)7-2-3-8(12)9(13)4-7/h2-5H,1H3. The zero-order valence-corrected chi connectivity index (χ0v) is 10.6. The first-order valence-electron chi connectivity index (χ1n) is 4.53. The van der Waals surface area contributed by atoms with Gasteiger partial charge in [0.2, 0.25) is 0 Å². The highest BCUT2D eigenvalue weighted by Crippen LogP contribution is 2.28. The van der Waals surface area contributed by atoms with E-state index in [4.69, 9.17) is 34.8 Å². The summed E-state index contributed by atoms with van der Waals surface area (Å²) in [6.07, 6.45) is 0. The third kappa shape index (κ3) is 2.46. The Morgan fingerprint density at radius 1 is 0.938 bits per heavy atom. The molecule has 0 atom stereocenters. The minimum Gasteiger partial charge on any atom is -0.233 e. The Kier molecular flexibility index (Phi) is 3.33. The van der Waals surface area contributed by atoms with Crippen LogP contribution in [0.4, 0.5) is 0 Å². The van der Waals surface area contributed by atoms with Crippen LogP contribution in [0, 0.1) is 6.92 Å². The van der Waals surface area contributed by atoms with Gasteiger partial charge in [0.15, 0.2) is 0 Å². The minimum absolute atomic E-state index is 0.411. The lowest BCUT2D eigenvalue weighted by atomic mass is 10.1. The molecule has 0 radical (unpaired) electrons. The van der Waals surface area contributed by atoms with Crippen molar-refractivity contribution in [3.8, 4) is 11.3 Å². The molecule has 0 aliphatic rings. The molecule has 0 amide bonds. The van der Waals surface area contributed by atoms with Crippen molar-refractivity contribution in [1.82, 2.24) is 9.97 Å². The summed E-state index contributed by atoms with van der Waals surface area (Å²) in [5.74, 6) is 0.619. The van der Waals surface area contributed by atoms with Crippen LogP contribution >= 0.6 is 34.8 Å². The van der Waals surface area contributed by atoms with Crippen LogP contribution in [-0.4, -0.2) is 9.97 Å². The van der Waals surface area contributed by atoms with E-state index in [1.165, 1.54) is 0 Å². The van der Waals surface area contributed by atoms with Gasteiger partial charge in [-0.2, -0.15) is 0 Å². The van der Waals surface area contributed by atoms with Crippen LogP contribution in [0.1, 0.15) is 5.82 Å². The Morgan fingerprint density at radius 2 is 1.69 bits per heavy atom. The molecule has 0 unspecified atom stereocenters. The number of aryl methyl sites for hydroxylation is 1. The van der Waals surface area contributed by atoms with Crippen LogP contribution in [-0.2, 0) is 0 Å². The summed E-state index contributed by atoms with van der Waals surface area (Å²) in [4.78, 5) is 8.27. The summed E-state index contributed by atoms with van der Waals surface area (Å²) in [5, 5.41) is 1.42. The molecule has 0 bridgehead atoms. The lowest BCUT2D eigenvalue weighted by Crippen LogP contribution is -1.91. The lowest BCUT2D eigenvalue weighted by Gasteiger charge is -2.04. The largest absolute Gasteiger partial charge is 0.233 e. The van der Waals surface area contributed by atoms with E-state index in [1.54, 1.807) is 25.1 Å². The Balaban J connectivity index is 2.54. The molecule has 2 rings (SSSR count). The van der Waals surface area contributed by atoms with E-state index in [2.05, 4.69) is 9.97 Å². The summed E-state index contributed by atoms with van der Waals surface area (Å²) in [5.41, 5.74) is 1.60. The first-order valence-corrected chi connectivity index (χ1v) is 5.66. The number of benzene rings is 1. The first-order chi connectivity index (χ1) is 7.56. The fraction of sp³-hybridized carbons (Fsp3) is 0.0909. The Bertz CT molecular complexity index is 520. The Morgan fingerprint density at radius 3 is 2.31 bits per heavy atom. The van der Waals surface area contributed by atoms with Crippen molar-refractivity contribution < 1.29 is 0 Å². The fourth-order valence-electron chi connectivity index (χ4n) is 1.33. The van der Waals surface area contributed by atoms with Crippen molar-refractivity contribution in [2.24, 2.45) is 0 Å². The van der Waals surface area contributed by atoms with Crippen LogP contribution in [0.3, 0.4) is 0 Å². The van der Waals surface area contributed by atoms with Gasteiger partial charge < -0.3 is 0 Å². The van der Waals surface area contributed by atoms with Gasteiger partial charge in [0.25, 0.3) is 0 Å². The van der Waals surface area contributed by atoms with Gasteiger partial charge in [0.1, 0.15) is 11.0 Å². The second-order valence-electron chi connectivity index (χ2n) is 3.25. The molecule has 0 saturated carbocycles. The maximum Gasteiger partial charge on any atom is 0.133 e. The third-order valence-electron chi connectivity index (χ3n) is 2.02. The second-order valence-corrected chi connectivity index (χ2v) is 4.45. The van der Waals surface area contributed by atoms with Crippen molar-refractivity contribution in [2.45, 2.75) is 6.92 Å². The third-order valence-corrected chi connectivity index (χ3v) is 2.95. The molecule has 1 aromatic heterocycles. The summed E-state index contributed by atoms with van der Waals surface area (Å²) < 4.78 is 0. The number of hydrogen-bond acceptors (Lipinski definition) is 2. The number of aromatic nitrogens is 2. The molecule has 0 aliphatic heterocycles. The fourth-order valence-corrected chi connectivity index (χ4v) is 1.86. The van der Waals surface area contributed by atoms with E-state index in [9.17, 15) is 0 Å². The van der Waals surface area contributed by atoms with Gasteiger partial charge in [-0.25, -0.2) is 9.97 Å². The van der Waals surface area contributed by atoms with E-state index < -0.39 is 0 Å². The molecule has 1 aromatic carbocycles. The van der Waals surface area contributed by atoms with Crippen molar-refractivity contribution >= 4 is 34.8 Å². The quantitative estimate of drug-likeness (QED) is 0.719. The number of halogens is 3. The number of rotatable bonds is 1. The zero-order valence-electron chi connectivity index (χ0n) is 8.34. The first kappa shape index (κ1) is 11.6. The van der Waals surface area contributed by atoms with E-state index >= 15 is 0 Å². The Labute approximate surface area is 108 Å². The number of hydrogen-bond donors (Lipinski definition) is 0. The van der Waals surface area contributed by atoms with E-state index in [0.29, 0.717) is 21.0 Å². The van der Waals surface area contributed by atoms with Crippen molar-refractivity contribution in [2.75, 3.05) is 0 Å². The lowest BCUT2D eigenvalue weighted by molar-refractivity contribution is 1.06. The van der Waals surface area contributed by atoms with Gasteiger partial charge >= 0.3 is 0 Å². The van der Waals surface area contributed by atoms with Crippen LogP contribution in [0.25, 0.3) is 11.3 Å². The number of nitrogens with zero attached hydrogens (tertiary/aromatic N) is 2. The smallest absolute Gasteiger partial charge is 0.133 e. The second kappa shape index (κ2) is 4.58. The summed E-state index contributed by atoms with van der Waals surface area (Å²) in [6, 6.07) is 7.01. The highest BCUT2D eigenvalue weighted by atomic mass is 35.5. The molecule has 82 valence electrons. The van der Waals surface area contributed by atoms with Gasteiger partial charge in [0.05, 0.1) is 15.7 Å². The molecule has 2 nitrogen and oxygen atoms in total. The summed E-state index contributed by atoms with van der Waals surface area (Å²) in [7, 11) is 0. The topological polar surface area (TPSA) is 25.8 Å². The van der Waals surface area contributed by atoms with Crippen LogP contribution in [0.2, 0.25) is 15.2 Å². The van der Waals surface area contributed by atoms with Crippen LogP contribution in [0.5, 0.6) is 0 Å². The molecule has 1 heterocycles. The summed E-state index contributed by atoms with van der Waals surface area (Å²) >= 11 is 17.6. The summed E-state index contributed by atoms with van der Waals surface area (Å²) in [6.45, 7) is 1.78. The molecule has 0 fully saturated rings.